The van der Waals surface area contributed by atoms with Crippen molar-refractivity contribution in [3.63, 3.8) is 0 Å². The second-order valence-electron chi connectivity index (χ2n) is 6.68. The first kappa shape index (κ1) is 27.0. The standard InChI is InChI=1S/C24H30N2O5.ClH/c1-5-26(6-2)15-16-31-24(28)19-9-11-20(12-10-19)25-23(27)14-8-18-7-13-21(29-3)22(17-18)30-4;/h7-14,17H,5-6,15-16H2,1-4H3,(H,25,27);1H. The number of methoxy groups -OCH3 is 2. The number of benzene rings is 2. The number of hydrogen-bond donors (Lipinski definition) is 1. The molecule has 2 aromatic carbocycles. The Morgan fingerprint density at radius 3 is 2.22 bits per heavy atom. The summed E-state index contributed by atoms with van der Waals surface area (Å²) in [4.78, 5) is 26.5. The third-order valence-electron chi connectivity index (χ3n) is 4.76. The molecule has 0 saturated heterocycles. The Hall–Kier alpha value is -3.03. The van der Waals surface area contributed by atoms with Gasteiger partial charge in [-0.2, -0.15) is 0 Å². The number of hydrogen-bond acceptors (Lipinski definition) is 6. The molecular formula is C24H31ClN2O5. The molecule has 0 aromatic heterocycles. The number of amides is 1. The molecule has 0 spiro atoms. The lowest BCUT2D eigenvalue weighted by Gasteiger charge is -2.17. The summed E-state index contributed by atoms with van der Waals surface area (Å²) >= 11 is 0. The molecule has 2 rings (SSSR count). The number of carbonyl (C=O) groups excluding carboxylic acids is 2. The Labute approximate surface area is 195 Å². The number of nitrogens with zero attached hydrogens (tertiary/aromatic N) is 1. The second kappa shape index (κ2) is 14.1. The largest absolute Gasteiger partial charge is 0.493 e. The van der Waals surface area contributed by atoms with E-state index in [-0.39, 0.29) is 24.3 Å². The van der Waals surface area contributed by atoms with Crippen LogP contribution in [0.5, 0.6) is 11.5 Å². The number of likely N-dealkylation sites (N-methyl/N-ethyl adjacent to an activating group) is 1. The molecule has 2 aromatic rings. The van der Waals surface area contributed by atoms with Crippen molar-refractivity contribution in [2.75, 3.05) is 45.8 Å². The summed E-state index contributed by atoms with van der Waals surface area (Å²) < 4.78 is 15.8. The average Bonchev–Trinajstić information content (AvgIpc) is 2.80. The van der Waals surface area contributed by atoms with E-state index in [1.165, 1.54) is 6.08 Å². The molecule has 0 radical (unpaired) electrons. The van der Waals surface area contributed by atoms with E-state index in [2.05, 4.69) is 24.1 Å². The second-order valence-corrected chi connectivity index (χ2v) is 6.68. The van der Waals surface area contributed by atoms with Crippen LogP contribution >= 0.6 is 12.4 Å². The van der Waals surface area contributed by atoms with Crippen molar-refractivity contribution in [1.29, 1.82) is 0 Å². The molecule has 0 unspecified atom stereocenters. The summed E-state index contributed by atoms with van der Waals surface area (Å²) in [7, 11) is 3.13. The number of halogens is 1. The number of ether oxygens (including phenoxy) is 3. The molecule has 1 N–H and O–H groups in total. The molecule has 1 amide bonds. The van der Waals surface area contributed by atoms with E-state index in [1.54, 1.807) is 56.7 Å². The minimum absolute atomic E-state index is 0. The van der Waals surface area contributed by atoms with Crippen molar-refractivity contribution in [3.05, 3.63) is 59.7 Å². The van der Waals surface area contributed by atoms with E-state index in [9.17, 15) is 9.59 Å². The highest BCUT2D eigenvalue weighted by molar-refractivity contribution is 6.02. The zero-order valence-electron chi connectivity index (χ0n) is 18.9. The van der Waals surface area contributed by atoms with Crippen molar-refractivity contribution in [3.8, 4) is 11.5 Å². The van der Waals surface area contributed by atoms with Gasteiger partial charge in [-0.05, 0) is 61.1 Å². The van der Waals surface area contributed by atoms with Gasteiger partial charge in [0, 0.05) is 18.3 Å². The molecule has 0 aliphatic heterocycles. The van der Waals surface area contributed by atoms with Crippen LogP contribution in [0.25, 0.3) is 6.08 Å². The lowest BCUT2D eigenvalue weighted by molar-refractivity contribution is -0.111. The molecule has 7 nitrogen and oxygen atoms in total. The fourth-order valence-electron chi connectivity index (χ4n) is 2.89. The van der Waals surface area contributed by atoms with Gasteiger partial charge in [0.2, 0.25) is 5.91 Å². The van der Waals surface area contributed by atoms with Crippen LogP contribution in [0.15, 0.2) is 48.5 Å². The predicted octanol–water partition coefficient (Wildman–Crippen LogP) is 4.28. The Balaban J connectivity index is 0.00000512. The van der Waals surface area contributed by atoms with Gasteiger partial charge < -0.3 is 24.4 Å². The van der Waals surface area contributed by atoms with Crippen LogP contribution < -0.4 is 14.8 Å². The Morgan fingerprint density at radius 1 is 0.969 bits per heavy atom. The molecule has 0 heterocycles. The smallest absolute Gasteiger partial charge is 0.338 e. The van der Waals surface area contributed by atoms with Crippen molar-refractivity contribution in [2.24, 2.45) is 0 Å². The maximum Gasteiger partial charge on any atom is 0.338 e. The highest BCUT2D eigenvalue weighted by atomic mass is 35.5. The quantitative estimate of drug-likeness (QED) is 0.397. The van der Waals surface area contributed by atoms with Crippen LogP contribution in [0.1, 0.15) is 29.8 Å². The zero-order valence-corrected chi connectivity index (χ0v) is 19.7. The van der Waals surface area contributed by atoms with E-state index >= 15 is 0 Å². The van der Waals surface area contributed by atoms with Gasteiger partial charge in [0.15, 0.2) is 11.5 Å². The third-order valence-corrected chi connectivity index (χ3v) is 4.76. The molecular weight excluding hydrogens is 432 g/mol. The van der Waals surface area contributed by atoms with Crippen LogP contribution in [0, 0.1) is 0 Å². The number of nitrogens with one attached hydrogen (secondary N) is 1. The third kappa shape index (κ3) is 8.24. The minimum Gasteiger partial charge on any atom is -0.493 e. The van der Waals surface area contributed by atoms with Gasteiger partial charge in [-0.1, -0.05) is 19.9 Å². The van der Waals surface area contributed by atoms with Gasteiger partial charge >= 0.3 is 5.97 Å². The van der Waals surface area contributed by atoms with E-state index in [1.807, 2.05) is 6.07 Å². The van der Waals surface area contributed by atoms with Gasteiger partial charge in [-0.15, -0.1) is 12.4 Å². The number of anilines is 1. The Bertz CT molecular complexity index is 896. The van der Waals surface area contributed by atoms with Crippen LogP contribution in [0.4, 0.5) is 5.69 Å². The van der Waals surface area contributed by atoms with Gasteiger partial charge in [-0.3, -0.25) is 4.79 Å². The summed E-state index contributed by atoms with van der Waals surface area (Å²) in [6, 6.07) is 12.0. The number of esters is 1. The monoisotopic (exact) mass is 462 g/mol. The van der Waals surface area contributed by atoms with Crippen LogP contribution in [0.3, 0.4) is 0 Å². The fourth-order valence-corrected chi connectivity index (χ4v) is 2.89. The maximum atomic E-state index is 12.2. The normalized spacial score (nSPS) is 10.5. The Morgan fingerprint density at radius 2 is 1.62 bits per heavy atom. The summed E-state index contributed by atoms with van der Waals surface area (Å²) in [5.74, 6) is 0.545. The predicted molar refractivity (Wildman–Crippen MR) is 129 cm³/mol. The summed E-state index contributed by atoms with van der Waals surface area (Å²) in [5, 5.41) is 2.76. The summed E-state index contributed by atoms with van der Waals surface area (Å²) in [5.41, 5.74) is 1.83. The topological polar surface area (TPSA) is 77.1 Å². The molecule has 0 aliphatic rings. The summed E-state index contributed by atoms with van der Waals surface area (Å²) in [6.07, 6.45) is 3.11. The lowest BCUT2D eigenvalue weighted by Crippen LogP contribution is -2.27. The van der Waals surface area contributed by atoms with Gasteiger partial charge in [0.25, 0.3) is 0 Å². The van der Waals surface area contributed by atoms with Crippen molar-refractivity contribution < 1.29 is 23.8 Å². The zero-order chi connectivity index (χ0) is 22.6. The van der Waals surface area contributed by atoms with Crippen molar-refractivity contribution in [2.45, 2.75) is 13.8 Å². The molecule has 0 saturated carbocycles. The average molecular weight is 463 g/mol. The van der Waals surface area contributed by atoms with Gasteiger partial charge in [0.05, 0.1) is 19.8 Å². The SMILES string of the molecule is CCN(CC)CCOC(=O)c1ccc(NC(=O)C=Cc2ccc(OC)c(OC)c2)cc1.Cl. The van der Waals surface area contributed by atoms with E-state index < -0.39 is 0 Å². The molecule has 174 valence electrons. The van der Waals surface area contributed by atoms with E-state index in [4.69, 9.17) is 14.2 Å². The fraction of sp³-hybridized carbons (Fsp3) is 0.333. The van der Waals surface area contributed by atoms with E-state index in [0.29, 0.717) is 35.9 Å². The lowest BCUT2D eigenvalue weighted by atomic mass is 10.2. The maximum absolute atomic E-state index is 12.2. The molecule has 32 heavy (non-hydrogen) atoms. The summed E-state index contributed by atoms with van der Waals surface area (Å²) in [6.45, 7) is 7.04. The van der Waals surface area contributed by atoms with Crippen LogP contribution in [0.2, 0.25) is 0 Å². The molecule has 0 aliphatic carbocycles. The molecule has 0 fully saturated rings. The van der Waals surface area contributed by atoms with E-state index in [0.717, 1.165) is 18.7 Å². The number of carbonyl (C=O) groups is 2. The van der Waals surface area contributed by atoms with Gasteiger partial charge in [-0.25, -0.2) is 4.79 Å². The first-order valence-electron chi connectivity index (χ1n) is 10.2. The highest BCUT2D eigenvalue weighted by Gasteiger charge is 2.09. The molecule has 0 bridgehead atoms. The number of rotatable bonds is 11. The molecule has 0 atom stereocenters. The van der Waals surface area contributed by atoms with Crippen LogP contribution in [-0.2, 0) is 9.53 Å². The van der Waals surface area contributed by atoms with Crippen LogP contribution in [-0.4, -0.2) is 57.2 Å². The Kier molecular flexibility index (Phi) is 11.9. The highest BCUT2D eigenvalue weighted by Crippen LogP contribution is 2.28. The minimum atomic E-state index is -0.376. The van der Waals surface area contributed by atoms with Crippen molar-refractivity contribution >= 4 is 36.0 Å². The van der Waals surface area contributed by atoms with Gasteiger partial charge in [0.1, 0.15) is 6.61 Å². The first-order chi connectivity index (χ1) is 15.0. The van der Waals surface area contributed by atoms with Crippen molar-refractivity contribution in [1.82, 2.24) is 4.90 Å². The first-order valence-corrected chi connectivity index (χ1v) is 10.2. The molecule has 8 heteroatoms.